The summed E-state index contributed by atoms with van der Waals surface area (Å²) in [7, 11) is 0. The summed E-state index contributed by atoms with van der Waals surface area (Å²) in [4.78, 5) is 0.387. The van der Waals surface area contributed by atoms with Crippen LogP contribution < -0.4 is 0 Å². The number of aryl methyl sites for hydroxylation is 1. The topological polar surface area (TPSA) is 0 Å². The van der Waals surface area contributed by atoms with Crippen LogP contribution in [0.4, 0.5) is 0 Å². The molecule has 1 aliphatic rings. The van der Waals surface area contributed by atoms with Gasteiger partial charge >= 0.3 is 0 Å². The lowest BCUT2D eigenvalue weighted by Crippen LogP contribution is -2.17. The molecular formula is C17H19Br2Cl. The maximum Gasteiger partial charge on any atom is 0.0401 e. The second kappa shape index (κ2) is 7.82. The summed E-state index contributed by atoms with van der Waals surface area (Å²) in [6.45, 7) is 2.23. The first-order valence-corrected chi connectivity index (χ1v) is 9.38. The monoisotopic (exact) mass is 416 g/mol. The van der Waals surface area contributed by atoms with E-state index in [1.54, 1.807) is 0 Å². The van der Waals surface area contributed by atoms with Gasteiger partial charge in [0.05, 0.1) is 0 Å². The molecule has 1 aliphatic carbocycles. The van der Waals surface area contributed by atoms with Crippen LogP contribution in [0.1, 0.15) is 24.5 Å². The third-order valence-electron chi connectivity index (χ3n) is 3.78. The van der Waals surface area contributed by atoms with Crippen LogP contribution in [0, 0.1) is 5.92 Å². The summed E-state index contributed by atoms with van der Waals surface area (Å²) in [5.41, 5.74) is 4.06. The highest BCUT2D eigenvalue weighted by atomic mass is 79.9. The van der Waals surface area contributed by atoms with Gasteiger partial charge in [-0.25, -0.2) is 0 Å². The summed E-state index contributed by atoms with van der Waals surface area (Å²) in [6, 6.07) is 8.94. The molecule has 0 radical (unpaired) electrons. The molecule has 0 bridgehead atoms. The Morgan fingerprint density at radius 1 is 1.15 bits per heavy atom. The quantitative estimate of drug-likeness (QED) is 0.513. The van der Waals surface area contributed by atoms with E-state index < -0.39 is 0 Å². The summed E-state index contributed by atoms with van der Waals surface area (Å²) in [6.07, 6.45) is 7.40. The van der Waals surface area contributed by atoms with Crippen LogP contribution in [0.3, 0.4) is 0 Å². The van der Waals surface area contributed by atoms with E-state index >= 15 is 0 Å². The molecule has 0 fully saturated rings. The first-order chi connectivity index (χ1) is 9.61. The molecule has 20 heavy (non-hydrogen) atoms. The highest BCUT2D eigenvalue weighted by Crippen LogP contribution is 2.33. The van der Waals surface area contributed by atoms with Crippen LogP contribution >= 0.6 is 43.5 Å². The molecule has 0 aromatic heterocycles. The fourth-order valence-electron chi connectivity index (χ4n) is 2.42. The second-order valence-corrected chi connectivity index (χ2v) is 7.51. The number of hydrogen-bond donors (Lipinski definition) is 0. The van der Waals surface area contributed by atoms with E-state index in [0.29, 0.717) is 10.7 Å². The van der Waals surface area contributed by atoms with Crippen molar-refractivity contribution in [3.05, 3.63) is 58.1 Å². The van der Waals surface area contributed by atoms with Crippen LogP contribution in [-0.4, -0.2) is 10.2 Å². The van der Waals surface area contributed by atoms with Crippen LogP contribution in [0.5, 0.6) is 0 Å². The summed E-state index contributed by atoms with van der Waals surface area (Å²) in [5, 5.41) is 1.96. The van der Waals surface area contributed by atoms with Gasteiger partial charge in [0, 0.05) is 15.2 Å². The fraction of sp³-hybridized carbons (Fsp3) is 0.412. The fourth-order valence-corrected chi connectivity index (χ4v) is 3.48. The van der Waals surface area contributed by atoms with Crippen molar-refractivity contribution in [3.8, 4) is 0 Å². The average molecular weight is 419 g/mol. The highest BCUT2D eigenvalue weighted by molar-refractivity contribution is 9.09. The summed E-state index contributed by atoms with van der Waals surface area (Å²) >= 11 is 13.5. The third-order valence-corrected chi connectivity index (χ3v) is 5.80. The van der Waals surface area contributed by atoms with Crippen molar-refractivity contribution in [2.24, 2.45) is 5.92 Å². The van der Waals surface area contributed by atoms with Gasteiger partial charge in [-0.1, -0.05) is 80.7 Å². The van der Waals surface area contributed by atoms with Gasteiger partial charge < -0.3 is 0 Å². The molecule has 0 N–H and O–H groups in total. The SMILES string of the molecule is CC1C(Cc2ccc(CCCBr)cc2)=C(Cl)C=CC1Br. The van der Waals surface area contributed by atoms with Gasteiger partial charge in [0.1, 0.15) is 0 Å². The van der Waals surface area contributed by atoms with E-state index in [4.69, 9.17) is 11.6 Å². The van der Waals surface area contributed by atoms with Gasteiger partial charge in [0.2, 0.25) is 0 Å². The van der Waals surface area contributed by atoms with Gasteiger partial charge in [-0.05, 0) is 48.0 Å². The Balaban J connectivity index is 2.08. The Kier molecular flexibility index (Phi) is 6.38. The molecule has 0 amide bonds. The van der Waals surface area contributed by atoms with Crippen LogP contribution in [0.2, 0.25) is 0 Å². The number of hydrogen-bond acceptors (Lipinski definition) is 0. The third kappa shape index (κ3) is 4.22. The molecular weight excluding hydrogens is 399 g/mol. The van der Waals surface area contributed by atoms with Crippen molar-refractivity contribution in [1.82, 2.24) is 0 Å². The lowest BCUT2D eigenvalue weighted by molar-refractivity contribution is 0.684. The molecule has 0 saturated heterocycles. The lowest BCUT2D eigenvalue weighted by atomic mass is 9.88. The number of halogens is 3. The van der Waals surface area contributed by atoms with Gasteiger partial charge in [-0.15, -0.1) is 0 Å². The van der Waals surface area contributed by atoms with Gasteiger partial charge in [0.25, 0.3) is 0 Å². The van der Waals surface area contributed by atoms with Crippen molar-refractivity contribution in [1.29, 1.82) is 0 Å². The number of rotatable bonds is 5. The summed E-state index contributed by atoms with van der Waals surface area (Å²) < 4.78 is 0. The van der Waals surface area contributed by atoms with Gasteiger partial charge in [-0.3, -0.25) is 0 Å². The molecule has 1 aromatic rings. The normalized spacial score (nSPS) is 22.4. The van der Waals surface area contributed by atoms with Crippen LogP contribution in [0.25, 0.3) is 0 Å². The van der Waals surface area contributed by atoms with Crippen molar-refractivity contribution < 1.29 is 0 Å². The molecule has 1 aromatic carbocycles. The van der Waals surface area contributed by atoms with E-state index in [9.17, 15) is 0 Å². The zero-order valence-corrected chi connectivity index (χ0v) is 15.5. The Bertz CT molecular complexity index is 502. The molecule has 2 atom stereocenters. The second-order valence-electron chi connectivity index (χ2n) is 5.25. The van der Waals surface area contributed by atoms with Gasteiger partial charge in [0.15, 0.2) is 0 Å². The lowest BCUT2D eigenvalue weighted by Gasteiger charge is -2.24. The molecule has 108 valence electrons. The standard InChI is InChI=1S/C17H19Br2Cl/c1-12-15(17(20)9-8-16(12)19)11-14-6-4-13(5-7-14)3-2-10-18/h4-9,12,16H,2-3,10-11H2,1H3. The zero-order chi connectivity index (χ0) is 14.5. The zero-order valence-electron chi connectivity index (χ0n) is 11.6. The van der Waals surface area contributed by atoms with E-state index in [2.05, 4.69) is 69.1 Å². The molecule has 0 heterocycles. The Labute approximate surface area is 143 Å². The Morgan fingerprint density at radius 2 is 1.80 bits per heavy atom. The molecule has 2 unspecified atom stereocenters. The van der Waals surface area contributed by atoms with E-state index in [1.165, 1.54) is 23.1 Å². The van der Waals surface area contributed by atoms with Crippen molar-refractivity contribution in [2.75, 3.05) is 5.33 Å². The average Bonchev–Trinajstić information content (AvgIpc) is 2.47. The molecule has 0 nitrogen and oxygen atoms in total. The van der Waals surface area contributed by atoms with E-state index in [-0.39, 0.29) is 0 Å². The van der Waals surface area contributed by atoms with E-state index in [1.807, 2.05) is 6.08 Å². The predicted octanol–water partition coefficient (Wildman–Crippen LogP) is 6.02. The molecule has 0 saturated carbocycles. The number of benzene rings is 1. The smallest absolute Gasteiger partial charge is 0.0401 e. The number of alkyl halides is 2. The van der Waals surface area contributed by atoms with Crippen LogP contribution in [-0.2, 0) is 12.8 Å². The molecule has 0 aliphatic heterocycles. The maximum absolute atomic E-state index is 6.36. The molecule has 0 spiro atoms. The minimum atomic E-state index is 0.387. The highest BCUT2D eigenvalue weighted by Gasteiger charge is 2.22. The minimum Gasteiger partial charge on any atom is -0.0928 e. The Morgan fingerprint density at radius 3 is 2.45 bits per heavy atom. The van der Waals surface area contributed by atoms with Crippen LogP contribution in [0.15, 0.2) is 47.0 Å². The first kappa shape index (κ1) is 16.3. The molecule has 3 heteroatoms. The van der Waals surface area contributed by atoms with Crippen molar-refractivity contribution in [2.45, 2.75) is 31.0 Å². The van der Waals surface area contributed by atoms with Crippen molar-refractivity contribution in [3.63, 3.8) is 0 Å². The largest absolute Gasteiger partial charge is 0.0928 e. The maximum atomic E-state index is 6.36. The van der Waals surface area contributed by atoms with E-state index in [0.717, 1.165) is 23.2 Å². The minimum absolute atomic E-state index is 0.387. The summed E-state index contributed by atoms with van der Waals surface area (Å²) in [5.74, 6) is 0.445. The molecule has 2 rings (SSSR count). The first-order valence-electron chi connectivity index (χ1n) is 6.96. The Hall–Kier alpha value is -0.0500. The van der Waals surface area contributed by atoms with Gasteiger partial charge in [-0.2, -0.15) is 0 Å². The van der Waals surface area contributed by atoms with Crippen molar-refractivity contribution >= 4 is 43.5 Å². The predicted molar refractivity (Wildman–Crippen MR) is 96.2 cm³/mol. The number of allylic oxidation sites excluding steroid dienone is 4.